The highest BCUT2D eigenvalue weighted by molar-refractivity contribution is 5.67. The van der Waals surface area contributed by atoms with Gasteiger partial charge in [0, 0.05) is 71.6 Å². The van der Waals surface area contributed by atoms with Gasteiger partial charge in [0.15, 0.2) is 12.2 Å². The number of rotatable bonds is 6. The van der Waals surface area contributed by atoms with Gasteiger partial charge in [0.1, 0.15) is 6.54 Å². The van der Waals surface area contributed by atoms with Crippen molar-refractivity contribution >= 4 is 5.97 Å². The first kappa shape index (κ1) is 25.2. The average molecular weight is 429 g/mol. The first-order chi connectivity index (χ1) is 14.3. The Labute approximate surface area is 203 Å². The Kier molecular flexibility index (Phi) is 13.8. The number of likely N-dealkylation sites (N-methyl/N-ethyl adjacent to an activating group) is 1. The van der Waals surface area contributed by atoms with E-state index in [2.05, 4.69) is 101 Å². The van der Waals surface area contributed by atoms with E-state index < -0.39 is 12.1 Å². The summed E-state index contributed by atoms with van der Waals surface area (Å²) >= 11 is 0. The van der Waals surface area contributed by atoms with Gasteiger partial charge in [-0.3, -0.25) is 9.68 Å². The Morgan fingerprint density at radius 2 is 1.23 bits per heavy atom. The molecule has 0 aliphatic carbocycles. The first-order valence-electron chi connectivity index (χ1n) is 8.15. The standard InChI is InChI=1S/C25H15NO4.17H2/c1-5-6-7-8-9-10-11-12-13-14-15-16-17-18-19-20-21-29-30-24(22-25(27)28)23-26(2,3)4;;;;;;;;;;;;;;;;;/h1,24H,22-23H2,2-4H3;17*1H/p+1. The molecule has 0 spiro atoms. The third kappa shape index (κ3) is 19.6. The lowest BCUT2D eigenvalue weighted by Crippen LogP contribution is -2.43. The highest BCUT2D eigenvalue weighted by atomic mass is 17.2. The zero-order chi connectivity index (χ0) is 22.5. The molecule has 0 heterocycles. The summed E-state index contributed by atoms with van der Waals surface area (Å²) in [6, 6.07) is 0. The van der Waals surface area contributed by atoms with Crippen LogP contribution in [-0.2, 0) is 14.6 Å². The minimum atomic E-state index is -0.988. The Morgan fingerprint density at radius 3 is 1.60 bits per heavy atom. The zero-order valence-electron chi connectivity index (χ0n) is 16.7. The fraction of sp³-hybridized carbons (Fsp3) is 0.240. The van der Waals surface area contributed by atoms with E-state index in [1.807, 2.05) is 21.1 Å². The maximum absolute atomic E-state index is 10.8. The topological polar surface area (TPSA) is 55.8 Å². The van der Waals surface area contributed by atoms with Gasteiger partial charge in [-0.25, -0.2) is 0 Å². The van der Waals surface area contributed by atoms with Crippen molar-refractivity contribution in [1.82, 2.24) is 0 Å². The molecular formula is C25H50NO4+. The second-order valence-electron chi connectivity index (χ2n) is 5.99. The molecule has 0 saturated heterocycles. The number of terminal acetylenes is 1. The van der Waals surface area contributed by atoms with Gasteiger partial charge in [-0.05, 0) is 47.4 Å². The molecule has 0 aliphatic heterocycles. The van der Waals surface area contributed by atoms with Crippen LogP contribution in [-0.4, -0.2) is 49.4 Å². The number of carboxylic acids is 1. The summed E-state index contributed by atoms with van der Waals surface area (Å²) in [7, 11) is 5.72. The van der Waals surface area contributed by atoms with E-state index in [1.54, 1.807) is 0 Å². The van der Waals surface area contributed by atoms with Gasteiger partial charge in [-0.1, -0.05) is 0 Å². The van der Waals surface area contributed by atoms with Crippen LogP contribution in [0.5, 0.6) is 0 Å². The monoisotopic (exact) mass is 428 g/mol. The van der Waals surface area contributed by atoms with Crippen LogP contribution in [0.2, 0.25) is 0 Å². The minimum Gasteiger partial charge on any atom is -0.481 e. The molecule has 5 nitrogen and oxygen atoms in total. The number of hydrogen-bond donors (Lipinski definition) is 1. The maximum atomic E-state index is 10.8. The molecule has 0 saturated carbocycles. The molecule has 178 valence electrons. The van der Waals surface area contributed by atoms with Crippen LogP contribution >= 0.6 is 0 Å². The SMILES string of the molecule is C#CC#CC#CC#CC#CC#CC#CC#CC#COOC(CC(=O)O)C[N+](C)(C)C.[HH].[HH].[HH].[HH].[HH].[HH].[HH].[HH].[HH].[HH].[HH].[HH].[HH].[HH].[HH].[HH].[HH]. The van der Waals surface area contributed by atoms with E-state index in [1.165, 1.54) is 0 Å². The van der Waals surface area contributed by atoms with Crippen LogP contribution in [0.25, 0.3) is 0 Å². The first-order valence-corrected chi connectivity index (χ1v) is 8.15. The lowest BCUT2D eigenvalue weighted by Gasteiger charge is -2.27. The van der Waals surface area contributed by atoms with Crippen LogP contribution in [0.1, 0.15) is 30.7 Å². The molecule has 0 fully saturated rings. The normalized spacial score (nSPS) is 8.20. The molecule has 0 radical (unpaired) electrons. The summed E-state index contributed by atoms with van der Waals surface area (Å²) in [5, 5.41) is 8.88. The molecule has 0 aliphatic rings. The van der Waals surface area contributed by atoms with E-state index in [0.717, 1.165) is 0 Å². The lowest BCUT2D eigenvalue weighted by molar-refractivity contribution is -0.874. The number of aliphatic carboxylic acids is 1. The predicted octanol–water partition coefficient (Wildman–Crippen LogP) is 4.28. The van der Waals surface area contributed by atoms with Gasteiger partial charge in [-0.15, -0.1) is 6.42 Å². The van der Waals surface area contributed by atoms with Crippen LogP contribution in [0, 0.1) is 107 Å². The Hall–Kier alpha value is -4.77. The summed E-state index contributed by atoms with van der Waals surface area (Å²) in [5.74, 6) is 37.6. The molecule has 0 aromatic heterocycles. The van der Waals surface area contributed by atoms with E-state index in [-0.39, 0.29) is 30.7 Å². The van der Waals surface area contributed by atoms with Crippen molar-refractivity contribution in [1.29, 1.82) is 0 Å². The predicted molar refractivity (Wildman–Crippen MR) is 148 cm³/mol. The van der Waals surface area contributed by atoms with Crippen LogP contribution in [0.15, 0.2) is 0 Å². The van der Waals surface area contributed by atoms with Crippen molar-refractivity contribution in [3.8, 4) is 107 Å². The summed E-state index contributed by atoms with van der Waals surface area (Å²) in [4.78, 5) is 20.5. The van der Waals surface area contributed by atoms with Crippen molar-refractivity contribution < 1.29 is 48.4 Å². The average Bonchev–Trinajstić information content (AvgIpc) is 2.65. The minimum absolute atomic E-state index is 0. The van der Waals surface area contributed by atoms with Gasteiger partial charge < -0.3 is 9.59 Å². The summed E-state index contributed by atoms with van der Waals surface area (Å²) in [6.07, 6.45) is 6.28. The summed E-state index contributed by atoms with van der Waals surface area (Å²) in [6.45, 7) is 0.437. The van der Waals surface area contributed by atoms with E-state index in [0.29, 0.717) is 11.0 Å². The number of carboxylic acid groups (broad SMARTS) is 1. The van der Waals surface area contributed by atoms with Crippen molar-refractivity contribution in [2.24, 2.45) is 0 Å². The Bertz CT molecular complexity index is 1210. The van der Waals surface area contributed by atoms with E-state index in [4.69, 9.17) is 21.3 Å². The van der Waals surface area contributed by atoms with Gasteiger partial charge in [0.2, 0.25) is 0 Å². The summed E-state index contributed by atoms with van der Waals surface area (Å²) in [5.41, 5.74) is 0. The number of carbonyl (C=O) groups is 1. The largest absolute Gasteiger partial charge is 0.481 e. The van der Waals surface area contributed by atoms with Gasteiger partial charge in [0.25, 0.3) is 0 Å². The molecular weight excluding hydrogens is 378 g/mol. The maximum Gasteiger partial charge on any atom is 0.306 e. The molecule has 30 heavy (non-hydrogen) atoms. The van der Waals surface area contributed by atoms with Gasteiger partial charge in [0.05, 0.1) is 27.6 Å². The Balaban J connectivity index is -0.0000000309. The second kappa shape index (κ2) is 16.4. The molecule has 0 rings (SSSR count). The van der Waals surface area contributed by atoms with Crippen molar-refractivity contribution in [3.63, 3.8) is 0 Å². The number of quaternary nitrogens is 1. The van der Waals surface area contributed by atoms with Crippen LogP contribution in [0.3, 0.4) is 0 Å². The quantitative estimate of drug-likeness (QED) is 0.297. The van der Waals surface area contributed by atoms with Crippen LogP contribution < -0.4 is 0 Å². The van der Waals surface area contributed by atoms with Gasteiger partial charge in [-0.2, -0.15) is 4.89 Å². The fourth-order valence-corrected chi connectivity index (χ4v) is 1.52. The second-order valence-corrected chi connectivity index (χ2v) is 5.99. The lowest BCUT2D eigenvalue weighted by atomic mass is 10.2. The number of nitrogens with zero attached hydrogens (tertiary/aromatic N) is 1. The third-order valence-electron chi connectivity index (χ3n) is 2.38. The molecule has 5 heteroatoms. The van der Waals surface area contributed by atoms with E-state index >= 15 is 0 Å². The molecule has 1 atom stereocenters. The fourth-order valence-electron chi connectivity index (χ4n) is 1.52. The highest BCUT2D eigenvalue weighted by Gasteiger charge is 2.23. The van der Waals surface area contributed by atoms with Crippen molar-refractivity contribution in [2.45, 2.75) is 12.5 Å². The third-order valence-corrected chi connectivity index (χ3v) is 2.38. The Morgan fingerprint density at radius 1 is 0.833 bits per heavy atom. The smallest absolute Gasteiger partial charge is 0.306 e. The molecule has 1 N–H and O–H groups in total. The van der Waals surface area contributed by atoms with Crippen LogP contribution in [0.4, 0.5) is 0 Å². The molecule has 0 amide bonds. The molecule has 0 aromatic rings. The van der Waals surface area contributed by atoms with E-state index in [9.17, 15) is 4.79 Å². The zero-order valence-corrected chi connectivity index (χ0v) is 16.7. The molecule has 0 aromatic carbocycles. The number of hydrogen-bond acceptors (Lipinski definition) is 3. The van der Waals surface area contributed by atoms with Crippen molar-refractivity contribution in [3.05, 3.63) is 0 Å². The molecule has 0 bridgehead atoms. The van der Waals surface area contributed by atoms with Crippen molar-refractivity contribution in [2.75, 3.05) is 27.7 Å². The molecule has 1 unspecified atom stereocenters. The highest BCUT2D eigenvalue weighted by Crippen LogP contribution is 2.05. The summed E-state index contributed by atoms with van der Waals surface area (Å²) < 4.78 is 0.512. The van der Waals surface area contributed by atoms with Gasteiger partial charge >= 0.3 is 5.97 Å².